The SMILES string of the molecule is CC(C)(C)n1nc(-c2c(F)cccc2F)c(C=O)c1Br. The lowest BCUT2D eigenvalue weighted by molar-refractivity contribution is 0.112. The van der Waals surface area contributed by atoms with Crippen LogP contribution in [-0.2, 0) is 5.54 Å². The van der Waals surface area contributed by atoms with Crippen LogP contribution in [0, 0.1) is 11.6 Å². The molecule has 0 aliphatic heterocycles. The van der Waals surface area contributed by atoms with Gasteiger partial charge in [0.25, 0.3) is 0 Å². The minimum atomic E-state index is -0.751. The summed E-state index contributed by atoms with van der Waals surface area (Å²) in [6.07, 6.45) is 0.542. The molecule has 0 unspecified atom stereocenters. The van der Waals surface area contributed by atoms with Gasteiger partial charge in [0, 0.05) is 0 Å². The summed E-state index contributed by atoms with van der Waals surface area (Å²) in [6, 6.07) is 3.54. The Morgan fingerprint density at radius 2 is 1.80 bits per heavy atom. The molecule has 6 heteroatoms. The summed E-state index contributed by atoms with van der Waals surface area (Å²) < 4.78 is 29.7. The van der Waals surface area contributed by atoms with E-state index in [-0.39, 0.29) is 16.8 Å². The Labute approximate surface area is 123 Å². The summed E-state index contributed by atoms with van der Waals surface area (Å²) in [7, 11) is 0. The highest BCUT2D eigenvalue weighted by Crippen LogP contribution is 2.34. The van der Waals surface area contributed by atoms with Crippen molar-refractivity contribution in [3.05, 3.63) is 40.0 Å². The van der Waals surface area contributed by atoms with Gasteiger partial charge in [-0.3, -0.25) is 9.48 Å². The lowest BCUT2D eigenvalue weighted by atomic mass is 10.1. The number of aldehydes is 1. The van der Waals surface area contributed by atoms with Gasteiger partial charge in [-0.25, -0.2) is 8.78 Å². The van der Waals surface area contributed by atoms with Gasteiger partial charge in [-0.1, -0.05) is 6.07 Å². The first-order valence-electron chi connectivity index (χ1n) is 5.96. The van der Waals surface area contributed by atoms with E-state index in [0.29, 0.717) is 10.9 Å². The highest BCUT2D eigenvalue weighted by molar-refractivity contribution is 9.10. The molecule has 0 aliphatic carbocycles. The lowest BCUT2D eigenvalue weighted by Gasteiger charge is -2.20. The van der Waals surface area contributed by atoms with E-state index in [9.17, 15) is 13.6 Å². The van der Waals surface area contributed by atoms with Crippen LogP contribution in [0.1, 0.15) is 31.1 Å². The molecule has 106 valence electrons. The van der Waals surface area contributed by atoms with Gasteiger partial charge in [-0.05, 0) is 48.8 Å². The molecule has 0 radical (unpaired) electrons. The molecule has 1 aromatic carbocycles. The minimum absolute atomic E-state index is 0.00241. The van der Waals surface area contributed by atoms with E-state index in [1.54, 1.807) is 0 Å². The largest absolute Gasteiger partial charge is 0.298 e. The van der Waals surface area contributed by atoms with Gasteiger partial charge in [0.1, 0.15) is 21.9 Å². The second-order valence-corrected chi connectivity index (χ2v) is 6.10. The number of carbonyl (C=O) groups is 1. The Kier molecular flexibility index (Phi) is 3.77. The summed E-state index contributed by atoms with van der Waals surface area (Å²) in [4.78, 5) is 11.3. The Morgan fingerprint density at radius 3 is 2.25 bits per heavy atom. The summed E-state index contributed by atoms with van der Waals surface area (Å²) >= 11 is 3.27. The molecule has 3 nitrogen and oxygen atoms in total. The summed E-state index contributed by atoms with van der Waals surface area (Å²) in [6.45, 7) is 5.63. The first-order chi connectivity index (χ1) is 9.27. The third-order valence-corrected chi connectivity index (χ3v) is 3.58. The highest BCUT2D eigenvalue weighted by Gasteiger charge is 2.26. The van der Waals surface area contributed by atoms with E-state index >= 15 is 0 Å². The van der Waals surface area contributed by atoms with Crippen molar-refractivity contribution in [1.29, 1.82) is 0 Å². The monoisotopic (exact) mass is 342 g/mol. The van der Waals surface area contributed by atoms with Crippen molar-refractivity contribution in [2.75, 3.05) is 0 Å². The Balaban J connectivity index is 2.79. The molecule has 1 heterocycles. The fraction of sp³-hybridized carbons (Fsp3) is 0.286. The van der Waals surface area contributed by atoms with Crippen LogP contribution in [0.15, 0.2) is 22.8 Å². The summed E-state index contributed by atoms with van der Waals surface area (Å²) in [5.41, 5.74) is -0.601. The van der Waals surface area contributed by atoms with Gasteiger partial charge in [-0.2, -0.15) is 5.10 Å². The molecule has 2 aromatic rings. The molecule has 0 N–H and O–H groups in total. The predicted octanol–water partition coefficient (Wildman–Crippen LogP) is 4.16. The minimum Gasteiger partial charge on any atom is -0.298 e. The van der Waals surface area contributed by atoms with Crippen molar-refractivity contribution in [3.8, 4) is 11.3 Å². The van der Waals surface area contributed by atoms with E-state index in [4.69, 9.17) is 0 Å². The number of nitrogens with zero attached hydrogens (tertiary/aromatic N) is 2. The third-order valence-electron chi connectivity index (χ3n) is 2.82. The van der Waals surface area contributed by atoms with Crippen LogP contribution in [0.5, 0.6) is 0 Å². The van der Waals surface area contributed by atoms with Gasteiger partial charge < -0.3 is 0 Å². The van der Waals surface area contributed by atoms with Crippen molar-refractivity contribution < 1.29 is 13.6 Å². The lowest BCUT2D eigenvalue weighted by Crippen LogP contribution is -2.23. The quantitative estimate of drug-likeness (QED) is 0.768. The molecule has 20 heavy (non-hydrogen) atoms. The third kappa shape index (κ3) is 2.40. The maximum atomic E-state index is 13.9. The van der Waals surface area contributed by atoms with Crippen LogP contribution in [0.4, 0.5) is 8.78 Å². The molecule has 1 aromatic heterocycles. The Hall–Kier alpha value is -1.56. The topological polar surface area (TPSA) is 34.9 Å². The van der Waals surface area contributed by atoms with Gasteiger partial charge in [-0.15, -0.1) is 0 Å². The fourth-order valence-electron chi connectivity index (χ4n) is 1.87. The van der Waals surface area contributed by atoms with Gasteiger partial charge in [0.05, 0.1) is 16.7 Å². The molecular weight excluding hydrogens is 330 g/mol. The molecule has 2 rings (SSSR count). The number of hydrogen-bond donors (Lipinski definition) is 0. The normalized spacial score (nSPS) is 11.7. The molecule has 0 spiro atoms. The molecular formula is C14H13BrF2N2O. The van der Waals surface area contributed by atoms with Gasteiger partial charge >= 0.3 is 0 Å². The second kappa shape index (κ2) is 5.09. The number of benzene rings is 1. The van der Waals surface area contributed by atoms with Gasteiger partial charge in [0.2, 0.25) is 0 Å². The zero-order valence-electron chi connectivity index (χ0n) is 11.2. The van der Waals surface area contributed by atoms with Crippen molar-refractivity contribution in [2.24, 2.45) is 0 Å². The number of hydrogen-bond acceptors (Lipinski definition) is 2. The molecule has 0 aliphatic rings. The predicted molar refractivity (Wildman–Crippen MR) is 75.7 cm³/mol. The van der Waals surface area contributed by atoms with Crippen LogP contribution < -0.4 is 0 Å². The number of aromatic nitrogens is 2. The number of carbonyl (C=O) groups excluding carboxylic acids is 1. The number of halogens is 3. The van der Waals surface area contributed by atoms with E-state index in [1.165, 1.54) is 10.7 Å². The highest BCUT2D eigenvalue weighted by atomic mass is 79.9. The maximum absolute atomic E-state index is 13.9. The zero-order chi connectivity index (χ0) is 15.1. The van der Waals surface area contributed by atoms with Crippen LogP contribution in [0.3, 0.4) is 0 Å². The molecule has 0 atom stereocenters. The summed E-state index contributed by atoms with van der Waals surface area (Å²) in [5.74, 6) is -1.50. The van der Waals surface area contributed by atoms with Crippen molar-refractivity contribution in [2.45, 2.75) is 26.3 Å². The van der Waals surface area contributed by atoms with E-state index in [2.05, 4.69) is 21.0 Å². The summed E-state index contributed by atoms with van der Waals surface area (Å²) in [5, 5.41) is 4.20. The second-order valence-electron chi connectivity index (χ2n) is 5.35. The van der Waals surface area contributed by atoms with Crippen LogP contribution in [-0.4, -0.2) is 16.1 Å². The van der Waals surface area contributed by atoms with E-state index in [0.717, 1.165) is 12.1 Å². The fourth-order valence-corrected chi connectivity index (χ4v) is 2.76. The average molecular weight is 343 g/mol. The molecule has 0 bridgehead atoms. The van der Waals surface area contributed by atoms with Crippen LogP contribution in [0.2, 0.25) is 0 Å². The Bertz CT molecular complexity index is 654. The van der Waals surface area contributed by atoms with Crippen molar-refractivity contribution in [1.82, 2.24) is 9.78 Å². The molecule has 0 saturated carbocycles. The molecule has 0 fully saturated rings. The van der Waals surface area contributed by atoms with Crippen molar-refractivity contribution in [3.63, 3.8) is 0 Å². The van der Waals surface area contributed by atoms with Crippen LogP contribution in [0.25, 0.3) is 11.3 Å². The smallest absolute Gasteiger partial charge is 0.155 e. The molecule has 0 saturated heterocycles. The Morgan fingerprint density at radius 1 is 1.25 bits per heavy atom. The number of rotatable bonds is 2. The van der Waals surface area contributed by atoms with Crippen molar-refractivity contribution >= 4 is 22.2 Å². The van der Waals surface area contributed by atoms with E-state index in [1.807, 2.05) is 20.8 Å². The zero-order valence-corrected chi connectivity index (χ0v) is 12.8. The molecule has 0 amide bonds. The average Bonchev–Trinajstić information content (AvgIpc) is 2.66. The van der Waals surface area contributed by atoms with Gasteiger partial charge in [0.15, 0.2) is 6.29 Å². The van der Waals surface area contributed by atoms with Crippen LogP contribution >= 0.6 is 15.9 Å². The standard InChI is InChI=1S/C14H13BrF2N2O/c1-14(2,3)19-13(15)8(7-20)12(18-19)11-9(16)5-4-6-10(11)17/h4-7H,1-3H3. The first kappa shape index (κ1) is 14.8. The first-order valence-corrected chi connectivity index (χ1v) is 6.75. The van der Waals surface area contributed by atoms with E-state index < -0.39 is 17.2 Å². The maximum Gasteiger partial charge on any atom is 0.155 e.